The van der Waals surface area contributed by atoms with Gasteiger partial charge in [-0.3, -0.25) is 4.79 Å². The minimum atomic E-state index is -0.432. The highest BCUT2D eigenvalue weighted by atomic mass is 16.5. The molecule has 28 heavy (non-hydrogen) atoms. The molecule has 0 aliphatic carbocycles. The lowest BCUT2D eigenvalue weighted by Gasteiger charge is -2.21. The molecule has 1 N–H and O–H groups in total. The third-order valence-electron chi connectivity index (χ3n) is 4.06. The number of nitrogens with zero attached hydrogens (tertiary/aromatic N) is 3. The van der Waals surface area contributed by atoms with Crippen molar-refractivity contribution in [3.63, 3.8) is 0 Å². The minimum absolute atomic E-state index is 0.247. The number of hydrogen-bond donors (Lipinski definition) is 1. The number of benzene rings is 2. The molecule has 142 valence electrons. The van der Waals surface area contributed by atoms with Crippen LogP contribution in [-0.2, 0) is 4.74 Å². The summed E-state index contributed by atoms with van der Waals surface area (Å²) >= 11 is 0. The van der Waals surface area contributed by atoms with Crippen LogP contribution >= 0.6 is 0 Å². The average molecular weight is 376 g/mol. The van der Waals surface area contributed by atoms with Gasteiger partial charge in [0.05, 0.1) is 12.7 Å². The second-order valence-electron chi connectivity index (χ2n) is 5.84. The topological polar surface area (TPSA) is 84.4 Å². The van der Waals surface area contributed by atoms with Crippen LogP contribution in [0.25, 0.3) is 0 Å². The van der Waals surface area contributed by atoms with E-state index in [2.05, 4.69) is 20.0 Å². The molecule has 1 aromatic heterocycles. The first-order valence-electron chi connectivity index (χ1n) is 8.77. The van der Waals surface area contributed by atoms with Gasteiger partial charge < -0.3 is 15.0 Å². The summed E-state index contributed by atoms with van der Waals surface area (Å²) in [4.78, 5) is 34.7. The SMILES string of the molecule is CCN(c1ccccc1)c1nccc(C(=O)Nc2ccc(C(=O)OC)cc2)n1. The van der Waals surface area contributed by atoms with Crippen LogP contribution in [0.5, 0.6) is 0 Å². The maximum atomic E-state index is 12.6. The molecule has 0 atom stereocenters. The van der Waals surface area contributed by atoms with Gasteiger partial charge in [0.1, 0.15) is 5.69 Å². The van der Waals surface area contributed by atoms with Gasteiger partial charge in [-0.1, -0.05) is 18.2 Å². The predicted molar refractivity (Wildman–Crippen MR) is 107 cm³/mol. The molecule has 3 rings (SSSR count). The fourth-order valence-electron chi connectivity index (χ4n) is 2.65. The van der Waals surface area contributed by atoms with Crippen molar-refractivity contribution in [2.75, 3.05) is 23.9 Å². The quantitative estimate of drug-likeness (QED) is 0.661. The number of nitrogens with one attached hydrogen (secondary N) is 1. The Morgan fingerprint density at radius 1 is 1.04 bits per heavy atom. The number of aromatic nitrogens is 2. The minimum Gasteiger partial charge on any atom is -0.465 e. The summed E-state index contributed by atoms with van der Waals surface area (Å²) in [6.45, 7) is 2.65. The zero-order valence-corrected chi connectivity index (χ0v) is 15.6. The molecular formula is C21H20N4O3. The van der Waals surface area contributed by atoms with Gasteiger partial charge in [0.15, 0.2) is 0 Å². The van der Waals surface area contributed by atoms with E-state index in [4.69, 9.17) is 0 Å². The third kappa shape index (κ3) is 4.32. The van der Waals surface area contributed by atoms with Crippen molar-refractivity contribution in [3.05, 3.63) is 78.1 Å². The van der Waals surface area contributed by atoms with E-state index in [-0.39, 0.29) is 11.6 Å². The first-order chi connectivity index (χ1) is 13.6. The van der Waals surface area contributed by atoms with Crippen molar-refractivity contribution < 1.29 is 14.3 Å². The molecule has 2 aromatic carbocycles. The van der Waals surface area contributed by atoms with E-state index < -0.39 is 5.97 Å². The Hall–Kier alpha value is -3.74. The molecule has 0 aliphatic heterocycles. The van der Waals surface area contributed by atoms with E-state index in [1.54, 1.807) is 36.5 Å². The Morgan fingerprint density at radius 3 is 2.39 bits per heavy atom. The van der Waals surface area contributed by atoms with Crippen molar-refractivity contribution >= 4 is 29.2 Å². The Kier molecular flexibility index (Phi) is 5.96. The smallest absolute Gasteiger partial charge is 0.337 e. The average Bonchev–Trinajstić information content (AvgIpc) is 2.75. The van der Waals surface area contributed by atoms with E-state index in [9.17, 15) is 9.59 Å². The van der Waals surface area contributed by atoms with Gasteiger partial charge in [0, 0.05) is 24.1 Å². The summed E-state index contributed by atoms with van der Waals surface area (Å²) in [5.41, 5.74) is 2.15. The van der Waals surface area contributed by atoms with Gasteiger partial charge in [-0.15, -0.1) is 0 Å². The number of methoxy groups -OCH3 is 1. The Morgan fingerprint density at radius 2 is 1.75 bits per heavy atom. The molecule has 0 spiro atoms. The zero-order chi connectivity index (χ0) is 19.9. The molecule has 7 nitrogen and oxygen atoms in total. The number of anilines is 3. The number of para-hydroxylation sites is 1. The monoisotopic (exact) mass is 376 g/mol. The van der Waals surface area contributed by atoms with Gasteiger partial charge in [-0.25, -0.2) is 14.8 Å². The van der Waals surface area contributed by atoms with Crippen LogP contribution in [0.4, 0.5) is 17.3 Å². The summed E-state index contributed by atoms with van der Waals surface area (Å²) in [6, 6.07) is 17.7. The van der Waals surface area contributed by atoms with E-state index >= 15 is 0 Å². The highest BCUT2D eigenvalue weighted by Gasteiger charge is 2.14. The molecule has 1 heterocycles. The number of hydrogen-bond acceptors (Lipinski definition) is 6. The first-order valence-corrected chi connectivity index (χ1v) is 8.77. The van der Waals surface area contributed by atoms with Crippen LogP contribution in [0.1, 0.15) is 27.8 Å². The van der Waals surface area contributed by atoms with Crippen molar-refractivity contribution in [3.8, 4) is 0 Å². The molecule has 0 radical (unpaired) electrons. The van der Waals surface area contributed by atoms with Crippen LogP contribution < -0.4 is 10.2 Å². The van der Waals surface area contributed by atoms with Gasteiger partial charge in [0.25, 0.3) is 5.91 Å². The molecule has 0 bridgehead atoms. The summed E-state index contributed by atoms with van der Waals surface area (Å²) in [5, 5.41) is 2.77. The second kappa shape index (κ2) is 8.77. The van der Waals surface area contributed by atoms with Crippen LogP contribution in [0, 0.1) is 0 Å². The summed E-state index contributed by atoms with van der Waals surface area (Å²) < 4.78 is 4.66. The fraction of sp³-hybridized carbons (Fsp3) is 0.143. The molecule has 0 saturated carbocycles. The summed E-state index contributed by atoms with van der Waals surface area (Å²) in [7, 11) is 1.32. The maximum absolute atomic E-state index is 12.6. The lowest BCUT2D eigenvalue weighted by atomic mass is 10.2. The Bertz CT molecular complexity index is 959. The van der Waals surface area contributed by atoms with E-state index in [1.807, 2.05) is 42.2 Å². The maximum Gasteiger partial charge on any atom is 0.337 e. The number of carbonyl (C=O) groups excluding carboxylic acids is 2. The molecule has 0 unspecified atom stereocenters. The number of ether oxygens (including phenoxy) is 1. The lowest BCUT2D eigenvalue weighted by molar-refractivity contribution is 0.0600. The molecule has 1 amide bonds. The molecule has 3 aromatic rings. The van der Waals surface area contributed by atoms with Crippen LogP contribution in [0.15, 0.2) is 66.9 Å². The Labute approximate surface area is 163 Å². The predicted octanol–water partition coefficient (Wildman–Crippen LogP) is 3.67. The fourth-order valence-corrected chi connectivity index (χ4v) is 2.65. The molecule has 0 aliphatic rings. The van der Waals surface area contributed by atoms with Gasteiger partial charge in [-0.05, 0) is 49.4 Å². The zero-order valence-electron chi connectivity index (χ0n) is 15.6. The number of amides is 1. The van der Waals surface area contributed by atoms with Crippen molar-refractivity contribution in [2.45, 2.75) is 6.92 Å². The lowest BCUT2D eigenvalue weighted by Crippen LogP contribution is -2.21. The van der Waals surface area contributed by atoms with Gasteiger partial charge >= 0.3 is 5.97 Å². The van der Waals surface area contributed by atoms with Gasteiger partial charge in [0.2, 0.25) is 5.95 Å². The molecule has 7 heteroatoms. The number of carbonyl (C=O) groups is 2. The summed E-state index contributed by atoms with van der Waals surface area (Å²) in [5.74, 6) is -0.347. The standard InChI is InChI=1S/C21H20N4O3/c1-3-25(17-7-5-4-6-8-17)21-22-14-13-18(24-21)19(26)23-16-11-9-15(10-12-16)20(27)28-2/h4-14H,3H2,1-2H3,(H,23,26). The van der Waals surface area contributed by atoms with Crippen molar-refractivity contribution in [1.29, 1.82) is 0 Å². The third-order valence-corrected chi connectivity index (χ3v) is 4.06. The summed E-state index contributed by atoms with van der Waals surface area (Å²) in [6.07, 6.45) is 1.56. The molecule has 0 saturated heterocycles. The van der Waals surface area contributed by atoms with E-state index in [0.29, 0.717) is 23.7 Å². The van der Waals surface area contributed by atoms with Crippen molar-refractivity contribution in [2.24, 2.45) is 0 Å². The highest BCUT2D eigenvalue weighted by molar-refractivity contribution is 6.03. The van der Waals surface area contributed by atoms with Crippen LogP contribution in [-0.4, -0.2) is 35.5 Å². The number of rotatable bonds is 6. The van der Waals surface area contributed by atoms with Crippen LogP contribution in [0.2, 0.25) is 0 Å². The molecule has 0 fully saturated rings. The molecular weight excluding hydrogens is 356 g/mol. The van der Waals surface area contributed by atoms with Crippen LogP contribution in [0.3, 0.4) is 0 Å². The number of esters is 1. The largest absolute Gasteiger partial charge is 0.465 e. The second-order valence-corrected chi connectivity index (χ2v) is 5.84. The van der Waals surface area contributed by atoms with Crippen molar-refractivity contribution in [1.82, 2.24) is 9.97 Å². The highest BCUT2D eigenvalue weighted by Crippen LogP contribution is 2.21. The normalized spacial score (nSPS) is 10.2. The first kappa shape index (κ1) is 19.0. The Balaban J connectivity index is 1.77. The van der Waals surface area contributed by atoms with Gasteiger partial charge in [-0.2, -0.15) is 0 Å². The van der Waals surface area contributed by atoms with E-state index in [1.165, 1.54) is 7.11 Å². The van der Waals surface area contributed by atoms with E-state index in [0.717, 1.165) is 5.69 Å².